The number of fused-ring (bicyclic) bond motifs is 1. The fraction of sp³-hybridized carbons (Fsp3) is 0.464. The van der Waals surface area contributed by atoms with Gasteiger partial charge in [0.15, 0.2) is 0 Å². The average Bonchev–Trinajstić information content (AvgIpc) is 2.89. The monoisotopic (exact) mass is 498 g/mol. The van der Waals surface area contributed by atoms with Gasteiger partial charge in [-0.1, -0.05) is 12.5 Å². The average molecular weight is 499 g/mol. The normalized spacial score (nSPS) is 19.2. The second kappa shape index (κ2) is 9.69. The minimum absolute atomic E-state index is 0.138. The lowest BCUT2D eigenvalue weighted by atomic mass is 9.54. The molecule has 3 aromatic rings. The van der Waals surface area contributed by atoms with Crippen LogP contribution in [0.25, 0.3) is 27.1 Å². The van der Waals surface area contributed by atoms with Crippen LogP contribution < -0.4 is 10.9 Å². The number of rotatable bonds is 6. The van der Waals surface area contributed by atoms with E-state index >= 15 is 0 Å². The van der Waals surface area contributed by atoms with Crippen LogP contribution in [-0.4, -0.2) is 64.2 Å². The molecule has 1 N–H and O–H groups in total. The number of aromatic nitrogens is 3. The van der Waals surface area contributed by atoms with Gasteiger partial charge < -0.3 is 10.1 Å². The highest BCUT2D eigenvalue weighted by molar-refractivity contribution is 5.97. The molecule has 6 rings (SSSR count). The summed E-state index contributed by atoms with van der Waals surface area (Å²) in [4.78, 5) is 41.6. The first-order valence-electron chi connectivity index (χ1n) is 13.0. The topological polar surface area (TPSA) is 93.7 Å². The van der Waals surface area contributed by atoms with Gasteiger partial charge >= 0.3 is 0 Å². The Morgan fingerprint density at radius 2 is 1.95 bits per heavy atom. The number of nitrogens with zero attached hydrogens (tertiary/aromatic N) is 5. The Morgan fingerprint density at radius 3 is 2.62 bits per heavy atom. The number of hydrogen-bond acceptors (Lipinski definition) is 6. The Labute approximate surface area is 215 Å². The molecule has 0 aromatic carbocycles. The van der Waals surface area contributed by atoms with Crippen molar-refractivity contribution in [2.75, 3.05) is 32.8 Å². The SMILES string of the molecule is [C-]#[N+]c1ccc(-c2cnc3c(c2)cc(C(=O)NC2CC4(CCC4)C2)c(=O)n3CCN2CCOCC2)nc1. The van der Waals surface area contributed by atoms with E-state index in [1.165, 1.54) is 25.5 Å². The molecule has 1 aliphatic heterocycles. The third-order valence-corrected chi connectivity index (χ3v) is 8.20. The molecular formula is C28H30N6O3. The maximum Gasteiger partial charge on any atom is 0.265 e. The number of pyridine rings is 3. The van der Waals surface area contributed by atoms with Crippen molar-refractivity contribution in [3.05, 3.63) is 64.0 Å². The fourth-order valence-corrected chi connectivity index (χ4v) is 5.90. The van der Waals surface area contributed by atoms with Crippen molar-refractivity contribution < 1.29 is 9.53 Å². The molecule has 0 atom stereocenters. The van der Waals surface area contributed by atoms with Gasteiger partial charge in [0, 0.05) is 55.6 Å². The summed E-state index contributed by atoms with van der Waals surface area (Å²) in [6.07, 6.45) is 9.03. The summed E-state index contributed by atoms with van der Waals surface area (Å²) < 4.78 is 7.08. The van der Waals surface area contributed by atoms with Crippen LogP contribution in [0.2, 0.25) is 0 Å². The smallest absolute Gasteiger partial charge is 0.265 e. The van der Waals surface area contributed by atoms with E-state index in [0.717, 1.165) is 31.5 Å². The number of amides is 1. The largest absolute Gasteiger partial charge is 0.379 e. The van der Waals surface area contributed by atoms with E-state index in [1.54, 1.807) is 29.0 Å². The zero-order valence-electron chi connectivity index (χ0n) is 20.8. The molecule has 4 heterocycles. The summed E-state index contributed by atoms with van der Waals surface area (Å²) in [7, 11) is 0. The van der Waals surface area contributed by atoms with Gasteiger partial charge in [-0.3, -0.25) is 24.0 Å². The van der Waals surface area contributed by atoms with E-state index in [1.807, 2.05) is 6.07 Å². The highest BCUT2D eigenvalue weighted by Gasteiger charge is 2.48. The van der Waals surface area contributed by atoms with E-state index in [-0.39, 0.29) is 23.1 Å². The van der Waals surface area contributed by atoms with Crippen LogP contribution in [0.1, 0.15) is 42.5 Å². The molecular weight excluding hydrogens is 468 g/mol. The first-order valence-corrected chi connectivity index (χ1v) is 13.0. The second-order valence-corrected chi connectivity index (χ2v) is 10.6. The van der Waals surface area contributed by atoms with Gasteiger partial charge in [0.2, 0.25) is 5.69 Å². The maximum absolute atomic E-state index is 13.6. The number of carbonyl (C=O) groups is 1. The lowest BCUT2D eigenvalue weighted by molar-refractivity contribution is -0.000652. The first kappa shape index (κ1) is 23.8. The van der Waals surface area contributed by atoms with Gasteiger partial charge in [-0.15, -0.1) is 0 Å². The number of nitrogens with one attached hydrogen (secondary N) is 1. The lowest BCUT2D eigenvalue weighted by Gasteiger charge is -2.54. The van der Waals surface area contributed by atoms with Crippen molar-refractivity contribution in [3.63, 3.8) is 0 Å². The summed E-state index contributed by atoms with van der Waals surface area (Å²) in [6.45, 7) is 11.3. The molecule has 0 unspecified atom stereocenters. The zero-order valence-corrected chi connectivity index (χ0v) is 20.8. The minimum Gasteiger partial charge on any atom is -0.379 e. The van der Waals surface area contributed by atoms with Crippen LogP contribution in [-0.2, 0) is 11.3 Å². The summed E-state index contributed by atoms with van der Waals surface area (Å²) in [6, 6.07) is 7.22. The van der Waals surface area contributed by atoms with Crippen molar-refractivity contribution in [2.24, 2.45) is 5.41 Å². The molecule has 1 amide bonds. The van der Waals surface area contributed by atoms with Gasteiger partial charge in [0.25, 0.3) is 11.5 Å². The van der Waals surface area contributed by atoms with Gasteiger partial charge in [0.1, 0.15) is 11.2 Å². The van der Waals surface area contributed by atoms with E-state index in [9.17, 15) is 9.59 Å². The number of ether oxygens (including phenoxy) is 1. The van der Waals surface area contributed by atoms with Gasteiger partial charge in [-0.2, -0.15) is 0 Å². The van der Waals surface area contributed by atoms with Crippen LogP contribution in [0.5, 0.6) is 0 Å². The molecule has 1 spiro atoms. The molecule has 0 radical (unpaired) electrons. The van der Waals surface area contributed by atoms with Crippen molar-refractivity contribution in [3.8, 4) is 11.3 Å². The Balaban J connectivity index is 1.33. The van der Waals surface area contributed by atoms with Crippen molar-refractivity contribution in [1.29, 1.82) is 0 Å². The molecule has 37 heavy (non-hydrogen) atoms. The van der Waals surface area contributed by atoms with Crippen LogP contribution in [0.15, 0.2) is 41.5 Å². The molecule has 9 nitrogen and oxygen atoms in total. The Bertz CT molecular complexity index is 1420. The molecule has 1 saturated heterocycles. The van der Waals surface area contributed by atoms with Crippen LogP contribution in [0.3, 0.4) is 0 Å². The third-order valence-electron chi connectivity index (χ3n) is 8.20. The van der Waals surface area contributed by atoms with E-state index in [4.69, 9.17) is 11.3 Å². The van der Waals surface area contributed by atoms with Crippen LogP contribution in [0.4, 0.5) is 5.69 Å². The Morgan fingerprint density at radius 1 is 1.14 bits per heavy atom. The molecule has 3 aliphatic rings. The van der Waals surface area contributed by atoms with Crippen LogP contribution >= 0.6 is 0 Å². The van der Waals surface area contributed by atoms with Crippen LogP contribution in [0, 0.1) is 12.0 Å². The summed E-state index contributed by atoms with van der Waals surface area (Å²) in [5.41, 5.74) is 2.74. The predicted octanol–water partition coefficient (Wildman–Crippen LogP) is 3.40. The lowest BCUT2D eigenvalue weighted by Crippen LogP contribution is -2.54. The summed E-state index contributed by atoms with van der Waals surface area (Å²) >= 11 is 0. The maximum atomic E-state index is 13.6. The molecule has 2 saturated carbocycles. The first-order chi connectivity index (χ1) is 18.0. The standard InChI is InChI=1S/C28H30N6O3/c1-29-21-3-4-24(30-18-21)20-13-19-14-23(26(35)32-22-15-28(16-22)5-2-6-28)27(36)34(25(19)31-17-20)8-7-33-9-11-37-12-10-33/h3-4,13-14,17-18,22H,2,5-12,15-16H2,(H,32,35). The highest BCUT2D eigenvalue weighted by Crippen LogP contribution is 2.55. The summed E-state index contributed by atoms with van der Waals surface area (Å²) in [5.74, 6) is -0.309. The minimum atomic E-state index is -0.310. The number of carbonyl (C=O) groups excluding carboxylic acids is 1. The molecule has 3 fully saturated rings. The van der Waals surface area contributed by atoms with Crippen molar-refractivity contribution in [2.45, 2.75) is 44.7 Å². The molecule has 3 aromatic heterocycles. The summed E-state index contributed by atoms with van der Waals surface area (Å²) in [5, 5.41) is 3.83. The second-order valence-electron chi connectivity index (χ2n) is 10.6. The van der Waals surface area contributed by atoms with E-state index < -0.39 is 0 Å². The number of hydrogen-bond donors (Lipinski definition) is 1. The molecule has 2 aliphatic carbocycles. The van der Waals surface area contributed by atoms with Crippen molar-refractivity contribution >= 4 is 22.6 Å². The highest BCUT2D eigenvalue weighted by atomic mass is 16.5. The zero-order chi connectivity index (χ0) is 25.4. The molecule has 0 bridgehead atoms. The predicted molar refractivity (Wildman–Crippen MR) is 140 cm³/mol. The fourth-order valence-electron chi connectivity index (χ4n) is 5.90. The Kier molecular flexibility index (Phi) is 6.22. The number of morpholine rings is 1. The third kappa shape index (κ3) is 4.63. The quantitative estimate of drug-likeness (QED) is 0.524. The van der Waals surface area contributed by atoms with Gasteiger partial charge in [0.05, 0.1) is 25.5 Å². The van der Waals surface area contributed by atoms with E-state index in [0.29, 0.717) is 54.1 Å². The van der Waals surface area contributed by atoms with E-state index in [2.05, 4.69) is 25.0 Å². The molecule has 9 heteroatoms. The van der Waals surface area contributed by atoms with Gasteiger partial charge in [-0.05, 0) is 49.3 Å². The Hall–Kier alpha value is -3.61. The van der Waals surface area contributed by atoms with Gasteiger partial charge in [-0.25, -0.2) is 9.83 Å². The molecule has 190 valence electrons. The van der Waals surface area contributed by atoms with Crippen molar-refractivity contribution in [1.82, 2.24) is 24.8 Å².